The number of H-pyrrole nitrogens is 1. The van der Waals surface area contributed by atoms with Crippen LogP contribution in [0.15, 0.2) is 35.5 Å². The third-order valence-electron chi connectivity index (χ3n) is 2.41. The molecule has 0 fully saturated rings. The quantitative estimate of drug-likeness (QED) is 0.629. The fourth-order valence-corrected chi connectivity index (χ4v) is 2.45. The molecule has 8 nitrogen and oxygen atoms in total. The highest BCUT2D eigenvalue weighted by atomic mass is 32.2. The van der Waals surface area contributed by atoms with Crippen LogP contribution in [0.4, 0.5) is 10.1 Å². The smallest absolute Gasteiger partial charge is 0.306 e. The number of halogens is 1. The van der Waals surface area contributed by atoms with Gasteiger partial charge in [0.1, 0.15) is 5.82 Å². The fraction of sp³-hybridized carbons (Fsp3) is 0.100. The topological polar surface area (TPSA) is 118 Å². The van der Waals surface area contributed by atoms with Crippen molar-refractivity contribution in [3.63, 3.8) is 0 Å². The van der Waals surface area contributed by atoms with E-state index in [4.69, 9.17) is 0 Å². The lowest BCUT2D eigenvalue weighted by Crippen LogP contribution is -2.24. The minimum Gasteiger partial charge on any atom is -0.347 e. The van der Waals surface area contributed by atoms with Crippen molar-refractivity contribution in [2.45, 2.75) is 11.4 Å². The molecule has 1 aromatic carbocycles. The third-order valence-corrected chi connectivity index (χ3v) is 3.81. The predicted octanol–water partition coefficient (Wildman–Crippen LogP) is 0.935. The van der Waals surface area contributed by atoms with Crippen LogP contribution in [0, 0.1) is 15.9 Å². The Bertz CT molecular complexity index is 730. The Morgan fingerprint density at radius 2 is 2.20 bits per heavy atom. The van der Waals surface area contributed by atoms with E-state index in [0.29, 0.717) is 11.9 Å². The first-order valence-electron chi connectivity index (χ1n) is 5.32. The first-order chi connectivity index (χ1) is 9.40. The number of aromatic amines is 1. The number of imidazole rings is 1. The van der Waals surface area contributed by atoms with Gasteiger partial charge in [0.2, 0.25) is 15.8 Å². The molecule has 2 N–H and O–H groups in total. The number of aromatic nitrogens is 2. The summed E-state index contributed by atoms with van der Waals surface area (Å²) in [7, 11) is -3.99. The van der Waals surface area contributed by atoms with E-state index in [1.54, 1.807) is 0 Å². The maximum Gasteiger partial charge on any atom is 0.306 e. The summed E-state index contributed by atoms with van der Waals surface area (Å²) in [6.07, 6.45) is 2.97. The van der Waals surface area contributed by atoms with Crippen LogP contribution < -0.4 is 4.72 Å². The SMILES string of the molecule is O=[N+]([O-])c1cc(S(=O)(=O)NCc2ncc[nH]2)ccc1F. The summed E-state index contributed by atoms with van der Waals surface area (Å²) in [5.74, 6) is -0.717. The van der Waals surface area contributed by atoms with Gasteiger partial charge in [0.25, 0.3) is 0 Å². The molecule has 0 spiro atoms. The molecule has 0 aliphatic carbocycles. The molecule has 0 saturated heterocycles. The Labute approximate surface area is 112 Å². The molecule has 106 valence electrons. The summed E-state index contributed by atoms with van der Waals surface area (Å²) in [6, 6.07) is 2.35. The largest absolute Gasteiger partial charge is 0.347 e. The molecule has 0 radical (unpaired) electrons. The maximum absolute atomic E-state index is 13.1. The van der Waals surface area contributed by atoms with Crippen LogP contribution in [-0.2, 0) is 16.6 Å². The van der Waals surface area contributed by atoms with Crippen LogP contribution in [0.5, 0.6) is 0 Å². The minimum absolute atomic E-state index is 0.111. The van der Waals surface area contributed by atoms with Gasteiger partial charge in [-0.15, -0.1) is 0 Å². The molecule has 0 aliphatic rings. The zero-order chi connectivity index (χ0) is 14.8. The van der Waals surface area contributed by atoms with Crippen molar-refractivity contribution >= 4 is 15.7 Å². The molecule has 1 heterocycles. The van der Waals surface area contributed by atoms with E-state index >= 15 is 0 Å². The molecule has 0 amide bonds. The van der Waals surface area contributed by atoms with Gasteiger partial charge in [-0.2, -0.15) is 4.39 Å². The molecule has 10 heteroatoms. The first-order valence-corrected chi connectivity index (χ1v) is 6.80. The maximum atomic E-state index is 13.1. The van der Waals surface area contributed by atoms with Gasteiger partial charge in [-0.3, -0.25) is 10.1 Å². The van der Waals surface area contributed by atoms with Gasteiger partial charge in [-0.25, -0.2) is 18.1 Å². The monoisotopic (exact) mass is 300 g/mol. The lowest BCUT2D eigenvalue weighted by molar-refractivity contribution is -0.387. The Morgan fingerprint density at radius 1 is 1.45 bits per heavy atom. The zero-order valence-corrected chi connectivity index (χ0v) is 10.7. The number of hydrogen-bond acceptors (Lipinski definition) is 5. The number of nitrogens with zero attached hydrogens (tertiary/aromatic N) is 2. The molecular weight excluding hydrogens is 291 g/mol. The van der Waals surface area contributed by atoms with Gasteiger partial charge in [0, 0.05) is 18.5 Å². The molecule has 2 aromatic rings. The molecule has 0 atom stereocenters. The number of hydrogen-bond donors (Lipinski definition) is 2. The molecule has 20 heavy (non-hydrogen) atoms. The number of rotatable bonds is 5. The third kappa shape index (κ3) is 2.97. The van der Waals surface area contributed by atoms with Crippen LogP contribution in [0.2, 0.25) is 0 Å². The van der Waals surface area contributed by atoms with E-state index < -0.39 is 31.3 Å². The van der Waals surface area contributed by atoms with Gasteiger partial charge in [-0.1, -0.05) is 0 Å². The lowest BCUT2D eigenvalue weighted by Gasteiger charge is -2.05. The Kier molecular flexibility index (Phi) is 3.77. The van der Waals surface area contributed by atoms with E-state index in [0.717, 1.165) is 12.1 Å². The van der Waals surface area contributed by atoms with Crippen molar-refractivity contribution in [3.8, 4) is 0 Å². The average molecular weight is 300 g/mol. The van der Waals surface area contributed by atoms with Gasteiger partial charge >= 0.3 is 5.69 Å². The van der Waals surface area contributed by atoms with E-state index in [1.165, 1.54) is 12.4 Å². The number of benzene rings is 1. The van der Waals surface area contributed by atoms with Gasteiger partial charge in [0.05, 0.1) is 16.4 Å². The lowest BCUT2D eigenvalue weighted by atomic mass is 10.3. The predicted molar refractivity (Wildman–Crippen MR) is 65.7 cm³/mol. The van der Waals surface area contributed by atoms with Gasteiger partial charge in [-0.05, 0) is 12.1 Å². The minimum atomic E-state index is -3.99. The number of sulfonamides is 1. The normalized spacial score (nSPS) is 11.4. The van der Waals surface area contributed by atoms with Crippen LogP contribution in [0.25, 0.3) is 0 Å². The summed E-state index contributed by atoms with van der Waals surface area (Å²) in [6.45, 7) is -0.111. The average Bonchev–Trinajstić information content (AvgIpc) is 2.89. The van der Waals surface area contributed by atoms with E-state index in [-0.39, 0.29) is 6.54 Å². The summed E-state index contributed by atoms with van der Waals surface area (Å²) in [5, 5.41) is 10.6. The number of nitro groups is 1. The van der Waals surface area contributed by atoms with E-state index in [9.17, 15) is 22.9 Å². The molecule has 1 aromatic heterocycles. The second-order valence-electron chi connectivity index (χ2n) is 3.73. The van der Waals surface area contributed by atoms with E-state index in [1.807, 2.05) is 0 Å². The summed E-state index contributed by atoms with van der Waals surface area (Å²) < 4.78 is 39.2. The second-order valence-corrected chi connectivity index (χ2v) is 5.50. The van der Waals surface area contributed by atoms with Crippen LogP contribution in [0.1, 0.15) is 5.82 Å². The molecule has 0 saturated carbocycles. The van der Waals surface area contributed by atoms with Crippen molar-refractivity contribution < 1.29 is 17.7 Å². The Hall–Kier alpha value is -2.33. The molecule has 0 bridgehead atoms. The highest BCUT2D eigenvalue weighted by molar-refractivity contribution is 7.89. The summed E-state index contributed by atoms with van der Waals surface area (Å²) >= 11 is 0. The van der Waals surface area contributed by atoms with Crippen molar-refractivity contribution in [2.24, 2.45) is 0 Å². The first kappa shape index (κ1) is 14.1. The van der Waals surface area contributed by atoms with Crippen molar-refractivity contribution in [1.29, 1.82) is 0 Å². The van der Waals surface area contributed by atoms with Crippen LogP contribution in [-0.4, -0.2) is 23.3 Å². The van der Waals surface area contributed by atoms with Gasteiger partial charge < -0.3 is 4.98 Å². The molecular formula is C10H9FN4O4S. The second kappa shape index (κ2) is 5.35. The highest BCUT2D eigenvalue weighted by Crippen LogP contribution is 2.21. The Morgan fingerprint density at radius 3 is 2.80 bits per heavy atom. The van der Waals surface area contributed by atoms with Crippen molar-refractivity contribution in [3.05, 3.63) is 52.3 Å². The fourth-order valence-electron chi connectivity index (χ4n) is 1.44. The van der Waals surface area contributed by atoms with Crippen molar-refractivity contribution in [1.82, 2.24) is 14.7 Å². The standard InChI is InChI=1S/C10H9FN4O4S/c11-8-2-1-7(5-9(8)15(16)17)20(18,19)14-6-10-12-3-4-13-10/h1-5,14H,6H2,(H,12,13). The Balaban J connectivity index is 2.25. The van der Waals surface area contributed by atoms with Crippen LogP contribution in [0.3, 0.4) is 0 Å². The summed E-state index contributed by atoms with van der Waals surface area (Å²) in [4.78, 5) is 15.7. The number of nitrogens with one attached hydrogen (secondary N) is 2. The molecule has 2 rings (SSSR count). The number of nitro benzene ring substituents is 1. The van der Waals surface area contributed by atoms with Crippen LogP contribution >= 0.6 is 0 Å². The summed E-state index contributed by atoms with van der Waals surface area (Å²) in [5.41, 5.74) is -0.897. The molecule has 0 aliphatic heterocycles. The molecule has 0 unspecified atom stereocenters. The van der Waals surface area contributed by atoms with Gasteiger partial charge in [0.15, 0.2) is 0 Å². The zero-order valence-electron chi connectivity index (χ0n) is 9.91. The van der Waals surface area contributed by atoms with E-state index in [2.05, 4.69) is 14.7 Å². The van der Waals surface area contributed by atoms with Crippen molar-refractivity contribution in [2.75, 3.05) is 0 Å². The highest BCUT2D eigenvalue weighted by Gasteiger charge is 2.21.